The van der Waals surface area contributed by atoms with E-state index in [9.17, 15) is 9.18 Å². The molecule has 1 aromatic carbocycles. The van der Waals surface area contributed by atoms with Crippen LogP contribution in [0.15, 0.2) is 48.0 Å². The van der Waals surface area contributed by atoms with E-state index in [4.69, 9.17) is 11.7 Å². The van der Waals surface area contributed by atoms with Gasteiger partial charge in [-0.15, -0.1) is 0 Å². The van der Waals surface area contributed by atoms with Crippen molar-refractivity contribution >= 4 is 17.6 Å². The fourth-order valence-corrected chi connectivity index (χ4v) is 4.09. The Hall–Kier alpha value is -3.79. The van der Waals surface area contributed by atoms with Crippen molar-refractivity contribution in [2.45, 2.75) is 51.0 Å². The number of rotatable bonds is 6. The molecule has 0 atom stereocenters. The first kappa shape index (κ1) is 22.0. The maximum absolute atomic E-state index is 14.8. The maximum Gasteiger partial charge on any atom is 0.259 e. The van der Waals surface area contributed by atoms with Crippen molar-refractivity contribution in [3.8, 4) is 5.69 Å². The zero-order chi connectivity index (χ0) is 23.8. The van der Waals surface area contributed by atoms with Gasteiger partial charge in [0.15, 0.2) is 5.84 Å². The van der Waals surface area contributed by atoms with Crippen molar-refractivity contribution in [1.82, 2.24) is 19.5 Å². The lowest BCUT2D eigenvalue weighted by Crippen LogP contribution is -2.49. The lowest BCUT2D eigenvalue weighted by Gasteiger charge is -2.35. The van der Waals surface area contributed by atoms with Crippen LogP contribution in [0.3, 0.4) is 0 Å². The van der Waals surface area contributed by atoms with Crippen LogP contribution in [0, 0.1) is 12.7 Å². The van der Waals surface area contributed by atoms with Crippen LogP contribution in [0.2, 0.25) is 0 Å². The molecule has 0 saturated heterocycles. The fourth-order valence-electron chi connectivity index (χ4n) is 4.09. The molecule has 2 aliphatic rings. The molecule has 5 rings (SSSR count). The van der Waals surface area contributed by atoms with Crippen LogP contribution in [-0.2, 0) is 0 Å². The number of amidine groups is 1. The van der Waals surface area contributed by atoms with Gasteiger partial charge in [0.2, 0.25) is 0 Å². The summed E-state index contributed by atoms with van der Waals surface area (Å²) in [5.41, 5.74) is 2.76. The number of halogens is 1. The Morgan fingerprint density at radius 2 is 2.06 bits per heavy atom. The number of carbonyl (C=O) groups excluding carboxylic acids is 1. The standard InChI is InChI=1S/C24H27FN8O/c1-14-10-18(25)17(11-21(14)32-12-20(28-13-32)15-8-9-15)24(34)30-22-7-3-6-19(29-22)23(31-26)33(27)16-4-2-5-16/h3,6-7,10-13,15-16H,2,4-5,8-9,26-27H2,1H3,(H,29,30,34)/b31-23-. The minimum atomic E-state index is -0.611. The highest BCUT2D eigenvalue weighted by atomic mass is 19.1. The minimum absolute atomic E-state index is 0.0860. The Morgan fingerprint density at radius 1 is 1.26 bits per heavy atom. The zero-order valence-electron chi connectivity index (χ0n) is 18.9. The predicted octanol–water partition coefficient (Wildman–Crippen LogP) is 3.19. The van der Waals surface area contributed by atoms with E-state index in [1.54, 1.807) is 31.5 Å². The molecular weight excluding hydrogens is 435 g/mol. The van der Waals surface area contributed by atoms with Gasteiger partial charge >= 0.3 is 0 Å². The number of carbonyl (C=O) groups is 1. The molecule has 0 aliphatic heterocycles. The van der Waals surface area contributed by atoms with Gasteiger partial charge in [0.05, 0.1) is 23.3 Å². The summed E-state index contributed by atoms with van der Waals surface area (Å²) in [4.78, 5) is 21.9. The van der Waals surface area contributed by atoms with Crippen LogP contribution in [0.1, 0.15) is 65.3 Å². The van der Waals surface area contributed by atoms with Gasteiger partial charge in [-0.25, -0.2) is 20.2 Å². The highest BCUT2D eigenvalue weighted by Crippen LogP contribution is 2.39. The molecule has 1 amide bonds. The maximum atomic E-state index is 14.8. The van der Waals surface area contributed by atoms with E-state index in [-0.39, 0.29) is 17.4 Å². The van der Waals surface area contributed by atoms with Gasteiger partial charge in [-0.05, 0) is 68.9 Å². The van der Waals surface area contributed by atoms with Crippen molar-refractivity contribution in [2.24, 2.45) is 16.8 Å². The molecule has 2 heterocycles. The van der Waals surface area contributed by atoms with Gasteiger partial charge in [0, 0.05) is 18.2 Å². The first-order valence-corrected chi connectivity index (χ1v) is 11.4. The normalized spacial score (nSPS) is 16.3. The van der Waals surface area contributed by atoms with Crippen molar-refractivity contribution in [3.63, 3.8) is 0 Å². The van der Waals surface area contributed by atoms with Crippen LogP contribution >= 0.6 is 0 Å². The molecule has 5 N–H and O–H groups in total. The van der Waals surface area contributed by atoms with Gasteiger partial charge in [-0.1, -0.05) is 6.07 Å². The number of pyridine rings is 1. The topological polar surface area (TPSA) is 127 Å². The average molecular weight is 463 g/mol. The summed E-state index contributed by atoms with van der Waals surface area (Å²) in [5.74, 6) is 11.6. The summed E-state index contributed by atoms with van der Waals surface area (Å²) < 4.78 is 16.6. The third-order valence-corrected chi connectivity index (χ3v) is 6.46. The van der Waals surface area contributed by atoms with E-state index in [1.165, 1.54) is 17.1 Å². The van der Waals surface area contributed by atoms with Crippen LogP contribution < -0.4 is 17.0 Å². The quantitative estimate of drug-likeness (QED) is 0.223. The molecule has 0 unspecified atom stereocenters. The number of nitrogens with zero attached hydrogens (tertiary/aromatic N) is 5. The highest BCUT2D eigenvalue weighted by molar-refractivity contribution is 6.05. The number of anilines is 1. The van der Waals surface area contributed by atoms with Gasteiger partial charge in [0.1, 0.15) is 17.3 Å². The Bertz CT molecular complexity index is 1260. The number of hydrogen-bond acceptors (Lipinski definition) is 6. The van der Waals surface area contributed by atoms with E-state index < -0.39 is 11.7 Å². The number of aromatic nitrogens is 3. The highest BCUT2D eigenvalue weighted by Gasteiger charge is 2.28. The van der Waals surface area contributed by atoms with Gasteiger partial charge in [-0.3, -0.25) is 9.80 Å². The Balaban J connectivity index is 1.38. The number of imidazole rings is 1. The number of benzene rings is 1. The third kappa shape index (κ3) is 4.24. The smallest absolute Gasteiger partial charge is 0.259 e. The molecule has 2 aromatic heterocycles. The number of hydrazone groups is 1. The first-order chi connectivity index (χ1) is 16.4. The number of aryl methyl sites for hydroxylation is 1. The Morgan fingerprint density at radius 3 is 2.74 bits per heavy atom. The molecule has 9 nitrogen and oxygen atoms in total. The molecule has 2 saturated carbocycles. The monoisotopic (exact) mass is 462 g/mol. The Kier molecular flexibility index (Phi) is 5.74. The SMILES string of the molecule is Cc1cc(F)c(C(=O)Nc2cccc(/C(=N/N)N(N)C3CCC3)n2)cc1-n1cnc(C2CC2)c1. The lowest BCUT2D eigenvalue weighted by atomic mass is 9.92. The van der Waals surface area contributed by atoms with Crippen molar-refractivity contribution in [2.75, 3.05) is 5.32 Å². The first-order valence-electron chi connectivity index (χ1n) is 11.4. The molecule has 0 spiro atoms. The molecule has 10 heteroatoms. The molecule has 3 aromatic rings. The molecular formula is C24H27FN8O. The molecule has 0 radical (unpaired) electrons. The number of amides is 1. The van der Waals surface area contributed by atoms with Crippen LogP contribution in [0.25, 0.3) is 5.69 Å². The summed E-state index contributed by atoms with van der Waals surface area (Å²) in [6.07, 6.45) is 8.94. The van der Waals surface area contributed by atoms with E-state index in [1.807, 2.05) is 10.8 Å². The molecule has 2 fully saturated rings. The summed E-state index contributed by atoms with van der Waals surface area (Å²) >= 11 is 0. The number of nitrogens with one attached hydrogen (secondary N) is 1. The van der Waals surface area contributed by atoms with Crippen LogP contribution in [0.4, 0.5) is 10.2 Å². The second kappa shape index (κ2) is 8.86. The van der Waals surface area contributed by atoms with Crippen LogP contribution in [-0.4, -0.2) is 37.3 Å². The van der Waals surface area contributed by atoms with Gasteiger partial charge in [0.25, 0.3) is 5.91 Å². The molecule has 2 aliphatic carbocycles. The number of hydrogen-bond donors (Lipinski definition) is 3. The zero-order valence-corrected chi connectivity index (χ0v) is 18.9. The van der Waals surface area contributed by atoms with Gasteiger partial charge in [-0.2, -0.15) is 5.10 Å². The number of nitrogens with two attached hydrogens (primary N) is 2. The summed E-state index contributed by atoms with van der Waals surface area (Å²) in [6.45, 7) is 1.80. The van der Waals surface area contributed by atoms with E-state index >= 15 is 0 Å². The van der Waals surface area contributed by atoms with E-state index in [0.717, 1.165) is 37.8 Å². The van der Waals surface area contributed by atoms with Crippen molar-refractivity contribution < 1.29 is 9.18 Å². The van der Waals surface area contributed by atoms with Crippen molar-refractivity contribution in [3.05, 3.63) is 71.2 Å². The molecule has 34 heavy (non-hydrogen) atoms. The second-order valence-electron chi connectivity index (χ2n) is 8.91. The summed E-state index contributed by atoms with van der Waals surface area (Å²) in [7, 11) is 0. The summed E-state index contributed by atoms with van der Waals surface area (Å²) in [5, 5.41) is 8.00. The predicted molar refractivity (Wildman–Crippen MR) is 127 cm³/mol. The minimum Gasteiger partial charge on any atom is -0.321 e. The summed E-state index contributed by atoms with van der Waals surface area (Å²) in [6, 6.07) is 8.08. The van der Waals surface area contributed by atoms with Gasteiger partial charge < -0.3 is 15.7 Å². The van der Waals surface area contributed by atoms with E-state index in [0.29, 0.717) is 28.7 Å². The Labute approximate surface area is 196 Å². The average Bonchev–Trinajstić information content (AvgIpc) is 3.50. The second-order valence-corrected chi connectivity index (χ2v) is 8.91. The third-order valence-electron chi connectivity index (χ3n) is 6.46. The number of hydrazine groups is 1. The molecule has 176 valence electrons. The fraction of sp³-hybridized carbons (Fsp3) is 0.333. The molecule has 0 bridgehead atoms. The van der Waals surface area contributed by atoms with Crippen LogP contribution in [0.5, 0.6) is 0 Å². The van der Waals surface area contributed by atoms with E-state index in [2.05, 4.69) is 20.4 Å². The van der Waals surface area contributed by atoms with Crippen molar-refractivity contribution in [1.29, 1.82) is 0 Å². The largest absolute Gasteiger partial charge is 0.321 e. The lowest BCUT2D eigenvalue weighted by molar-refractivity contribution is 0.102.